The first kappa shape index (κ1) is 17.8. The number of carbonyl (C=O) groups is 1. The zero-order chi connectivity index (χ0) is 17.7. The Bertz CT molecular complexity index is 699. The van der Waals surface area contributed by atoms with Gasteiger partial charge in [-0.15, -0.1) is 0 Å². The minimum atomic E-state index is -4.57. The van der Waals surface area contributed by atoms with E-state index in [2.05, 4.69) is 5.32 Å². The summed E-state index contributed by atoms with van der Waals surface area (Å²) in [5.41, 5.74) is -0.886. The molecule has 0 aliphatic heterocycles. The maximum atomic E-state index is 12.9. The van der Waals surface area contributed by atoms with Crippen molar-refractivity contribution < 1.29 is 27.8 Å². The number of methoxy groups -OCH3 is 1. The van der Waals surface area contributed by atoms with Crippen LogP contribution in [0.15, 0.2) is 48.5 Å². The molecule has 1 atom stereocenters. The molecule has 0 aliphatic carbocycles. The zero-order valence-corrected chi connectivity index (χ0v) is 12.8. The lowest BCUT2D eigenvalue weighted by atomic mass is 10.0. The van der Waals surface area contributed by atoms with Gasteiger partial charge in [-0.1, -0.05) is 18.2 Å². The minimum absolute atomic E-state index is 0.278. The zero-order valence-electron chi connectivity index (χ0n) is 12.8. The molecule has 1 amide bonds. The average Bonchev–Trinajstić information content (AvgIpc) is 2.58. The highest BCUT2D eigenvalue weighted by molar-refractivity contribution is 5.94. The molecule has 2 aromatic rings. The maximum absolute atomic E-state index is 12.9. The fraction of sp³-hybridized carbons (Fsp3) is 0.235. The first-order chi connectivity index (χ1) is 11.3. The molecule has 4 nitrogen and oxygen atoms in total. The Morgan fingerprint density at radius 2 is 1.79 bits per heavy atom. The van der Waals surface area contributed by atoms with Gasteiger partial charge in [-0.3, -0.25) is 4.79 Å². The molecule has 0 bridgehead atoms. The second-order valence-corrected chi connectivity index (χ2v) is 5.04. The molecule has 2 rings (SSSR count). The van der Waals surface area contributed by atoms with E-state index in [1.54, 1.807) is 12.1 Å². The largest absolute Gasteiger partial charge is 0.497 e. The van der Waals surface area contributed by atoms with Crippen molar-refractivity contribution in [3.63, 3.8) is 0 Å². The highest BCUT2D eigenvalue weighted by Crippen LogP contribution is 2.34. The predicted octanol–water partition coefficient (Wildman–Crippen LogP) is 3.18. The monoisotopic (exact) mass is 339 g/mol. The molecule has 0 saturated carbocycles. The van der Waals surface area contributed by atoms with Gasteiger partial charge in [0.25, 0.3) is 5.91 Å². The standard InChI is InChI=1S/C17H16F3NO3/c1-24-12-8-6-11(7-9-12)16(23)21-10-15(22)13-4-2-3-5-14(13)17(18,19)20/h2-9,15,22H,10H2,1H3,(H,21,23)/t15-/m1/s1. The van der Waals surface area contributed by atoms with Crippen LogP contribution in [0.2, 0.25) is 0 Å². The van der Waals surface area contributed by atoms with Crippen LogP contribution in [0.1, 0.15) is 27.6 Å². The van der Waals surface area contributed by atoms with E-state index in [1.807, 2.05) is 0 Å². The number of alkyl halides is 3. The third kappa shape index (κ3) is 4.26. The number of aliphatic hydroxyl groups excluding tert-OH is 1. The molecule has 24 heavy (non-hydrogen) atoms. The van der Waals surface area contributed by atoms with E-state index in [0.717, 1.165) is 6.07 Å². The van der Waals surface area contributed by atoms with Crippen molar-refractivity contribution in [2.75, 3.05) is 13.7 Å². The SMILES string of the molecule is COc1ccc(C(=O)NC[C@@H](O)c2ccccc2C(F)(F)F)cc1. The molecule has 0 unspecified atom stereocenters. The Labute approximate surface area is 136 Å². The number of hydrogen-bond donors (Lipinski definition) is 2. The van der Waals surface area contributed by atoms with Crippen LogP contribution >= 0.6 is 0 Å². The summed E-state index contributed by atoms with van der Waals surface area (Å²) in [5, 5.41) is 12.4. The van der Waals surface area contributed by atoms with Crippen molar-refractivity contribution >= 4 is 5.91 Å². The van der Waals surface area contributed by atoms with E-state index >= 15 is 0 Å². The van der Waals surface area contributed by atoms with Gasteiger partial charge in [0.2, 0.25) is 0 Å². The molecule has 0 spiro atoms. The summed E-state index contributed by atoms with van der Waals surface area (Å²) in [4.78, 5) is 12.0. The molecule has 0 fully saturated rings. The minimum Gasteiger partial charge on any atom is -0.497 e. The first-order valence-corrected chi connectivity index (χ1v) is 7.09. The Morgan fingerprint density at radius 3 is 2.38 bits per heavy atom. The molecular weight excluding hydrogens is 323 g/mol. The van der Waals surface area contributed by atoms with Gasteiger partial charge in [0.05, 0.1) is 18.8 Å². The smallest absolute Gasteiger partial charge is 0.416 e. The van der Waals surface area contributed by atoms with Crippen LogP contribution in [-0.4, -0.2) is 24.7 Å². The molecule has 0 saturated heterocycles. The van der Waals surface area contributed by atoms with Crippen LogP contribution < -0.4 is 10.1 Å². The van der Waals surface area contributed by atoms with Crippen molar-refractivity contribution in [2.24, 2.45) is 0 Å². The molecule has 2 aromatic carbocycles. The van der Waals surface area contributed by atoms with E-state index in [4.69, 9.17) is 4.74 Å². The van der Waals surface area contributed by atoms with Crippen LogP contribution in [0.3, 0.4) is 0 Å². The van der Waals surface area contributed by atoms with Gasteiger partial charge in [0, 0.05) is 12.1 Å². The molecule has 0 radical (unpaired) electrons. The predicted molar refractivity (Wildman–Crippen MR) is 81.7 cm³/mol. The Kier molecular flexibility index (Phi) is 5.46. The van der Waals surface area contributed by atoms with Crippen LogP contribution in [0.4, 0.5) is 13.2 Å². The molecular formula is C17H16F3NO3. The number of ether oxygens (including phenoxy) is 1. The number of halogens is 3. The van der Waals surface area contributed by atoms with Gasteiger partial charge in [0.15, 0.2) is 0 Å². The van der Waals surface area contributed by atoms with Gasteiger partial charge in [-0.2, -0.15) is 13.2 Å². The van der Waals surface area contributed by atoms with Crippen LogP contribution in [0, 0.1) is 0 Å². The summed E-state index contributed by atoms with van der Waals surface area (Å²) >= 11 is 0. The Morgan fingerprint density at radius 1 is 1.17 bits per heavy atom. The molecule has 0 aromatic heterocycles. The number of rotatable bonds is 5. The van der Waals surface area contributed by atoms with E-state index in [9.17, 15) is 23.1 Å². The molecule has 7 heteroatoms. The van der Waals surface area contributed by atoms with Crippen LogP contribution in [-0.2, 0) is 6.18 Å². The van der Waals surface area contributed by atoms with Gasteiger partial charge in [-0.05, 0) is 35.9 Å². The number of benzene rings is 2. The average molecular weight is 339 g/mol. The summed E-state index contributed by atoms with van der Waals surface area (Å²) in [7, 11) is 1.49. The number of hydrogen-bond acceptors (Lipinski definition) is 3. The second-order valence-electron chi connectivity index (χ2n) is 5.04. The van der Waals surface area contributed by atoms with E-state index < -0.39 is 23.8 Å². The summed E-state index contributed by atoms with van der Waals surface area (Å²) in [5.74, 6) is 0.0758. The molecule has 128 valence electrons. The number of amides is 1. The lowest BCUT2D eigenvalue weighted by Gasteiger charge is -2.18. The van der Waals surface area contributed by atoms with E-state index in [1.165, 1.54) is 37.4 Å². The third-order valence-corrected chi connectivity index (χ3v) is 3.43. The summed E-state index contributed by atoms with van der Waals surface area (Å²) in [6, 6.07) is 10.9. The highest BCUT2D eigenvalue weighted by Gasteiger charge is 2.34. The summed E-state index contributed by atoms with van der Waals surface area (Å²) in [6.07, 6.45) is -6.04. The highest BCUT2D eigenvalue weighted by atomic mass is 19.4. The van der Waals surface area contributed by atoms with Gasteiger partial charge >= 0.3 is 6.18 Å². The Balaban J connectivity index is 2.05. The van der Waals surface area contributed by atoms with Crippen molar-refractivity contribution in [1.29, 1.82) is 0 Å². The first-order valence-electron chi connectivity index (χ1n) is 7.09. The summed E-state index contributed by atoms with van der Waals surface area (Å²) in [6.45, 7) is -0.335. The third-order valence-electron chi connectivity index (χ3n) is 3.43. The topological polar surface area (TPSA) is 58.6 Å². The Hall–Kier alpha value is -2.54. The van der Waals surface area contributed by atoms with Gasteiger partial charge in [-0.25, -0.2) is 0 Å². The van der Waals surface area contributed by atoms with Crippen molar-refractivity contribution in [3.8, 4) is 5.75 Å². The normalized spacial score (nSPS) is 12.5. The number of aliphatic hydroxyl groups is 1. The molecule has 2 N–H and O–H groups in total. The summed E-state index contributed by atoms with van der Waals surface area (Å²) < 4.78 is 43.8. The number of carbonyl (C=O) groups excluding carboxylic acids is 1. The van der Waals surface area contributed by atoms with Crippen molar-refractivity contribution in [1.82, 2.24) is 5.32 Å². The van der Waals surface area contributed by atoms with E-state index in [0.29, 0.717) is 11.3 Å². The lowest BCUT2D eigenvalue weighted by Crippen LogP contribution is -2.29. The molecule has 0 heterocycles. The van der Waals surface area contributed by atoms with Gasteiger partial charge in [0.1, 0.15) is 5.75 Å². The fourth-order valence-corrected chi connectivity index (χ4v) is 2.19. The van der Waals surface area contributed by atoms with Gasteiger partial charge < -0.3 is 15.2 Å². The molecule has 0 aliphatic rings. The van der Waals surface area contributed by atoms with Crippen LogP contribution in [0.25, 0.3) is 0 Å². The number of nitrogens with one attached hydrogen (secondary N) is 1. The lowest BCUT2D eigenvalue weighted by molar-refractivity contribution is -0.139. The maximum Gasteiger partial charge on any atom is 0.416 e. The second kappa shape index (κ2) is 7.35. The van der Waals surface area contributed by atoms with E-state index in [-0.39, 0.29) is 12.1 Å². The fourth-order valence-electron chi connectivity index (χ4n) is 2.19. The quantitative estimate of drug-likeness (QED) is 0.880. The van der Waals surface area contributed by atoms with Crippen LogP contribution in [0.5, 0.6) is 5.75 Å². The van der Waals surface area contributed by atoms with Crippen molar-refractivity contribution in [2.45, 2.75) is 12.3 Å². The van der Waals surface area contributed by atoms with Crippen molar-refractivity contribution in [3.05, 3.63) is 65.2 Å².